The molecule has 0 spiro atoms. The van der Waals surface area contributed by atoms with Crippen molar-refractivity contribution in [3.05, 3.63) is 60.8 Å². The predicted octanol–water partition coefficient (Wildman–Crippen LogP) is 11.4. The Bertz CT molecular complexity index is 1420. The first-order valence-corrected chi connectivity index (χ1v) is 27.6. The highest BCUT2D eigenvalue weighted by Crippen LogP contribution is 2.45. The van der Waals surface area contributed by atoms with Crippen LogP contribution in [-0.4, -0.2) is 95.0 Å². The fraction of sp³-hybridized carbons (Fsp3) is 0.755. The Morgan fingerprint density at radius 3 is 1.05 bits per heavy atom. The number of carbonyl (C=O) groups is 2. The van der Waals surface area contributed by atoms with E-state index in [1.807, 2.05) is 0 Å². The monoisotopic (exact) mass is 979 g/mol. The number of aliphatic hydroxyl groups is 3. The van der Waals surface area contributed by atoms with Crippen LogP contribution in [0.3, 0.4) is 0 Å². The number of allylic oxidation sites excluding steroid dienone is 10. The molecule has 0 aliphatic heterocycles. The van der Waals surface area contributed by atoms with Gasteiger partial charge in [0.2, 0.25) is 0 Å². The van der Waals surface area contributed by atoms with Crippen molar-refractivity contribution >= 4 is 27.6 Å². The standard InChI is InChI=1S/C49H88O15P2/c1-3-5-7-9-11-13-15-17-19-20-21-22-24-26-28-30-32-34-36-38-49(54)60-40-46(51)42-62-66(57,58)64-44-47(52)43-63-65(55,56)61-41-45(50)39-59-48(53)37-35-33-31-29-27-25-23-18-16-14-12-10-8-6-4-2/h5,7,11,13,17,19,21-22,26,28,45-47,50-52H,3-4,6,8-10,12,14-16,18,20,23-25,27,29-44H2,1-2H3,(H,55,56)(H,57,58)/b7-5-,13-11-,19-17-,22-21-,28-26-. The number of hydrogen-bond acceptors (Lipinski definition) is 13. The van der Waals surface area contributed by atoms with Crippen molar-refractivity contribution in [2.75, 3.05) is 39.6 Å². The second kappa shape index (κ2) is 45.2. The van der Waals surface area contributed by atoms with Crippen molar-refractivity contribution in [1.82, 2.24) is 0 Å². The van der Waals surface area contributed by atoms with Gasteiger partial charge >= 0.3 is 27.6 Å². The van der Waals surface area contributed by atoms with Crippen molar-refractivity contribution in [2.24, 2.45) is 0 Å². The predicted molar refractivity (Wildman–Crippen MR) is 260 cm³/mol. The molecule has 0 fully saturated rings. The fourth-order valence-electron chi connectivity index (χ4n) is 6.18. The zero-order chi connectivity index (χ0) is 48.8. The van der Waals surface area contributed by atoms with Crippen LogP contribution in [0.2, 0.25) is 0 Å². The zero-order valence-corrected chi connectivity index (χ0v) is 42.1. The minimum Gasteiger partial charge on any atom is -0.463 e. The van der Waals surface area contributed by atoms with Gasteiger partial charge in [-0.25, -0.2) is 9.13 Å². The quantitative estimate of drug-likeness (QED) is 0.0165. The summed E-state index contributed by atoms with van der Waals surface area (Å²) in [4.78, 5) is 43.8. The summed E-state index contributed by atoms with van der Waals surface area (Å²) < 4.78 is 53.0. The maximum Gasteiger partial charge on any atom is 0.472 e. The Labute approximate surface area is 397 Å². The number of phosphoric acid groups is 2. The summed E-state index contributed by atoms with van der Waals surface area (Å²) in [7, 11) is -9.58. The molecule has 0 radical (unpaired) electrons. The summed E-state index contributed by atoms with van der Waals surface area (Å²) in [5, 5.41) is 30.0. The van der Waals surface area contributed by atoms with Gasteiger partial charge in [0.1, 0.15) is 31.5 Å². The number of ether oxygens (including phenoxy) is 2. The molecule has 66 heavy (non-hydrogen) atoms. The van der Waals surface area contributed by atoms with Gasteiger partial charge in [-0.3, -0.25) is 27.7 Å². The summed E-state index contributed by atoms with van der Waals surface area (Å²) in [5.74, 6) is -1.02. The third-order valence-electron chi connectivity index (χ3n) is 9.99. The zero-order valence-electron chi connectivity index (χ0n) is 40.3. The molecular weight excluding hydrogens is 890 g/mol. The number of rotatable bonds is 47. The molecule has 5 N–H and O–H groups in total. The van der Waals surface area contributed by atoms with E-state index in [2.05, 4.69) is 92.7 Å². The van der Waals surface area contributed by atoms with Gasteiger partial charge in [0.15, 0.2) is 0 Å². The van der Waals surface area contributed by atoms with Crippen LogP contribution >= 0.6 is 15.6 Å². The first kappa shape index (κ1) is 63.7. The van der Waals surface area contributed by atoms with Crippen molar-refractivity contribution in [2.45, 2.75) is 199 Å². The minimum absolute atomic E-state index is 0.155. The highest BCUT2D eigenvalue weighted by Gasteiger charge is 2.28. The number of unbranched alkanes of at least 4 members (excludes halogenated alkanes) is 17. The number of phosphoric ester groups is 2. The molecule has 0 bridgehead atoms. The number of carbonyl (C=O) groups excluding carboxylic acids is 2. The van der Waals surface area contributed by atoms with E-state index < -0.39 is 85.5 Å². The van der Waals surface area contributed by atoms with E-state index >= 15 is 0 Å². The van der Waals surface area contributed by atoms with Gasteiger partial charge in [-0.05, 0) is 57.8 Å². The third kappa shape index (κ3) is 46.8. The van der Waals surface area contributed by atoms with Crippen LogP contribution < -0.4 is 0 Å². The molecule has 0 saturated carbocycles. The van der Waals surface area contributed by atoms with Gasteiger partial charge in [-0.2, -0.15) is 0 Å². The largest absolute Gasteiger partial charge is 0.472 e. The molecule has 15 nitrogen and oxygen atoms in total. The SMILES string of the molecule is CC/C=C\C/C=C\C/C=C\C/C=C\C/C=C\CCCCCC(=O)OCC(O)COP(=O)(O)OCC(O)COP(=O)(O)OCC(O)COC(=O)CCCCCCCCCCCCCCCCC. The Hall–Kier alpha value is -2.26. The van der Waals surface area contributed by atoms with Gasteiger partial charge in [-0.1, -0.05) is 171 Å². The molecule has 0 amide bonds. The van der Waals surface area contributed by atoms with Crippen LogP contribution in [-0.2, 0) is 46.3 Å². The third-order valence-corrected chi connectivity index (χ3v) is 11.9. The van der Waals surface area contributed by atoms with Crippen LogP contribution in [0.25, 0.3) is 0 Å². The number of hydrogen-bond donors (Lipinski definition) is 5. The summed E-state index contributed by atoms with van der Waals surface area (Å²) >= 11 is 0. The van der Waals surface area contributed by atoms with Gasteiger partial charge in [0.25, 0.3) is 0 Å². The molecule has 0 aromatic carbocycles. The van der Waals surface area contributed by atoms with E-state index in [4.69, 9.17) is 9.47 Å². The van der Waals surface area contributed by atoms with Crippen LogP contribution in [0.1, 0.15) is 181 Å². The summed E-state index contributed by atoms with van der Waals surface area (Å²) in [6, 6.07) is 0. The lowest BCUT2D eigenvalue weighted by Crippen LogP contribution is -2.25. The Morgan fingerprint density at radius 1 is 0.409 bits per heavy atom. The average molecular weight is 979 g/mol. The topological polar surface area (TPSA) is 225 Å². The smallest absolute Gasteiger partial charge is 0.463 e. The van der Waals surface area contributed by atoms with E-state index in [0.29, 0.717) is 12.8 Å². The molecule has 0 rings (SSSR count). The maximum atomic E-state index is 12.2. The Kier molecular flexibility index (Phi) is 43.7. The van der Waals surface area contributed by atoms with Crippen molar-refractivity contribution in [3.8, 4) is 0 Å². The molecule has 384 valence electrons. The molecule has 0 aliphatic carbocycles. The van der Waals surface area contributed by atoms with E-state index in [-0.39, 0.29) is 12.8 Å². The minimum atomic E-state index is -4.80. The maximum absolute atomic E-state index is 12.2. The Morgan fingerprint density at radius 2 is 0.697 bits per heavy atom. The van der Waals surface area contributed by atoms with Gasteiger partial charge in [0.05, 0.1) is 26.4 Å². The highest BCUT2D eigenvalue weighted by molar-refractivity contribution is 7.47. The molecule has 0 saturated heterocycles. The van der Waals surface area contributed by atoms with Crippen LogP contribution in [0, 0.1) is 0 Å². The fourth-order valence-corrected chi connectivity index (χ4v) is 7.77. The summed E-state index contributed by atoms with van der Waals surface area (Å²) in [5.41, 5.74) is 0. The second-order valence-corrected chi connectivity index (χ2v) is 19.4. The van der Waals surface area contributed by atoms with Gasteiger partial charge in [0, 0.05) is 12.8 Å². The molecule has 5 unspecified atom stereocenters. The second-order valence-electron chi connectivity index (χ2n) is 16.5. The lowest BCUT2D eigenvalue weighted by Gasteiger charge is -2.19. The molecule has 0 aromatic heterocycles. The van der Waals surface area contributed by atoms with E-state index in [1.54, 1.807) is 0 Å². The Balaban J connectivity index is 3.92. The number of esters is 2. The first-order valence-electron chi connectivity index (χ1n) is 24.6. The molecule has 0 aliphatic rings. The van der Waals surface area contributed by atoms with E-state index in [0.717, 1.165) is 70.6 Å². The summed E-state index contributed by atoms with van der Waals surface area (Å²) in [6.07, 6.45) is 43.5. The van der Waals surface area contributed by atoms with Crippen LogP contribution in [0.5, 0.6) is 0 Å². The van der Waals surface area contributed by atoms with Gasteiger partial charge < -0.3 is 34.6 Å². The lowest BCUT2D eigenvalue weighted by molar-refractivity contribution is -0.148. The molecular formula is C49H88O15P2. The van der Waals surface area contributed by atoms with Crippen LogP contribution in [0.15, 0.2) is 60.8 Å². The first-order chi connectivity index (χ1) is 31.8. The van der Waals surface area contributed by atoms with Crippen molar-refractivity contribution in [1.29, 1.82) is 0 Å². The van der Waals surface area contributed by atoms with Crippen molar-refractivity contribution < 1.29 is 71.4 Å². The van der Waals surface area contributed by atoms with Crippen molar-refractivity contribution in [3.63, 3.8) is 0 Å². The lowest BCUT2D eigenvalue weighted by atomic mass is 10.0. The van der Waals surface area contributed by atoms with Gasteiger partial charge in [-0.15, -0.1) is 0 Å². The average Bonchev–Trinajstić information content (AvgIpc) is 3.29. The molecule has 0 heterocycles. The molecule has 17 heteroatoms. The normalized spacial score (nSPS) is 15.6. The molecule has 0 aromatic rings. The van der Waals surface area contributed by atoms with E-state index in [9.17, 15) is 43.8 Å². The highest BCUT2D eigenvalue weighted by atomic mass is 31.2. The van der Waals surface area contributed by atoms with Crippen LogP contribution in [0.4, 0.5) is 0 Å². The molecule has 5 atom stereocenters. The summed E-state index contributed by atoms with van der Waals surface area (Å²) in [6.45, 7) is 0.274. The van der Waals surface area contributed by atoms with E-state index in [1.165, 1.54) is 70.6 Å². The number of aliphatic hydroxyl groups excluding tert-OH is 3.